The van der Waals surface area contributed by atoms with Gasteiger partial charge in [0.2, 0.25) is 11.0 Å². The molecule has 8 heteroatoms. The van der Waals surface area contributed by atoms with Crippen LogP contribution in [-0.4, -0.2) is 20.3 Å². The first-order valence-electron chi connectivity index (χ1n) is 9.60. The van der Waals surface area contributed by atoms with Gasteiger partial charge in [0.05, 0.1) is 4.47 Å². The third kappa shape index (κ3) is 4.22. The molecule has 1 aliphatic heterocycles. The Morgan fingerprint density at radius 3 is 2.65 bits per heavy atom. The van der Waals surface area contributed by atoms with Gasteiger partial charge in [0.1, 0.15) is 5.75 Å². The number of phenolic OH excluding ortho intramolecular Hbond substituents is 1. The average molecular weight is 493 g/mol. The SMILES string of the molecule is Oc1ccc(C2Nc3ccccc3-c3nnc(SCc4ccccc4)nc3O2)cc1Br. The Labute approximate surface area is 191 Å². The van der Waals surface area contributed by atoms with Gasteiger partial charge in [0.15, 0.2) is 11.9 Å². The molecule has 1 aliphatic rings. The number of fused-ring (bicyclic) bond motifs is 3. The largest absolute Gasteiger partial charge is 0.507 e. The molecular weight excluding hydrogens is 476 g/mol. The Kier molecular flexibility index (Phi) is 5.48. The molecule has 2 N–H and O–H groups in total. The lowest BCUT2D eigenvalue weighted by atomic mass is 10.1. The molecule has 6 nitrogen and oxygen atoms in total. The first kappa shape index (κ1) is 19.8. The number of benzene rings is 3. The molecule has 2 heterocycles. The second kappa shape index (κ2) is 8.56. The van der Waals surface area contributed by atoms with E-state index in [1.54, 1.807) is 6.07 Å². The van der Waals surface area contributed by atoms with Crippen molar-refractivity contribution in [3.8, 4) is 22.9 Å². The van der Waals surface area contributed by atoms with E-state index in [-0.39, 0.29) is 5.75 Å². The maximum atomic E-state index is 9.86. The monoisotopic (exact) mass is 492 g/mol. The highest BCUT2D eigenvalue weighted by Gasteiger charge is 2.26. The molecular formula is C23H17BrN4O2S. The Morgan fingerprint density at radius 1 is 1.00 bits per heavy atom. The number of hydrogen-bond acceptors (Lipinski definition) is 7. The van der Waals surface area contributed by atoms with Crippen LogP contribution in [0.1, 0.15) is 17.4 Å². The van der Waals surface area contributed by atoms with E-state index in [9.17, 15) is 5.11 Å². The fraction of sp³-hybridized carbons (Fsp3) is 0.0870. The molecule has 0 saturated carbocycles. The molecule has 0 radical (unpaired) electrons. The molecule has 0 fully saturated rings. The van der Waals surface area contributed by atoms with E-state index in [1.165, 1.54) is 17.3 Å². The third-order valence-electron chi connectivity index (χ3n) is 4.82. The predicted molar refractivity (Wildman–Crippen MR) is 124 cm³/mol. The molecule has 1 unspecified atom stereocenters. The molecule has 154 valence electrons. The van der Waals surface area contributed by atoms with Gasteiger partial charge >= 0.3 is 0 Å². The summed E-state index contributed by atoms with van der Waals surface area (Å²) >= 11 is 4.89. The smallest absolute Gasteiger partial charge is 0.247 e. The van der Waals surface area contributed by atoms with Gasteiger partial charge in [0.25, 0.3) is 0 Å². The van der Waals surface area contributed by atoms with E-state index in [1.807, 2.05) is 54.6 Å². The van der Waals surface area contributed by atoms with Crippen molar-refractivity contribution in [3.05, 3.63) is 88.4 Å². The number of aromatic nitrogens is 3. The number of phenols is 1. The van der Waals surface area contributed by atoms with Crippen LogP contribution in [0.3, 0.4) is 0 Å². The molecule has 0 spiro atoms. The van der Waals surface area contributed by atoms with Crippen LogP contribution in [0.25, 0.3) is 11.3 Å². The number of nitrogens with zero attached hydrogens (tertiary/aromatic N) is 3. The predicted octanol–water partition coefficient (Wildman–Crippen LogP) is 5.80. The van der Waals surface area contributed by atoms with Gasteiger partial charge in [-0.15, -0.1) is 10.2 Å². The van der Waals surface area contributed by atoms with Gasteiger partial charge in [-0.1, -0.05) is 60.3 Å². The van der Waals surface area contributed by atoms with Crippen molar-refractivity contribution in [1.29, 1.82) is 0 Å². The lowest BCUT2D eigenvalue weighted by Crippen LogP contribution is -2.17. The van der Waals surface area contributed by atoms with Gasteiger partial charge in [-0.05, 0) is 45.8 Å². The van der Waals surface area contributed by atoms with E-state index < -0.39 is 6.23 Å². The molecule has 1 atom stereocenters. The Balaban J connectivity index is 1.51. The minimum Gasteiger partial charge on any atom is -0.507 e. The van der Waals surface area contributed by atoms with Gasteiger partial charge in [-0.2, -0.15) is 4.98 Å². The highest BCUT2D eigenvalue weighted by molar-refractivity contribution is 9.10. The van der Waals surface area contributed by atoms with Crippen LogP contribution < -0.4 is 10.1 Å². The van der Waals surface area contributed by atoms with E-state index in [0.717, 1.165) is 22.6 Å². The summed E-state index contributed by atoms with van der Waals surface area (Å²) in [7, 11) is 0. The molecule has 31 heavy (non-hydrogen) atoms. The van der Waals surface area contributed by atoms with Crippen LogP contribution in [0, 0.1) is 0 Å². The van der Waals surface area contributed by atoms with Crippen molar-refractivity contribution in [3.63, 3.8) is 0 Å². The molecule has 0 saturated heterocycles. The maximum Gasteiger partial charge on any atom is 0.247 e. The summed E-state index contributed by atoms with van der Waals surface area (Å²) < 4.78 is 6.86. The summed E-state index contributed by atoms with van der Waals surface area (Å²) in [5.41, 5.74) is 4.36. The second-order valence-corrected chi connectivity index (χ2v) is 8.72. The Hall–Kier alpha value is -3.10. The van der Waals surface area contributed by atoms with Crippen molar-refractivity contribution >= 4 is 33.4 Å². The fourth-order valence-electron chi connectivity index (χ4n) is 3.27. The topological polar surface area (TPSA) is 80.2 Å². The summed E-state index contributed by atoms with van der Waals surface area (Å²) in [6, 6.07) is 23.2. The minimum absolute atomic E-state index is 0.168. The van der Waals surface area contributed by atoms with Crippen molar-refractivity contribution in [2.75, 3.05) is 5.32 Å². The number of ether oxygens (including phenoxy) is 1. The van der Waals surface area contributed by atoms with Crippen molar-refractivity contribution < 1.29 is 9.84 Å². The van der Waals surface area contributed by atoms with Crippen LogP contribution in [0.5, 0.6) is 11.6 Å². The Bertz CT molecular complexity index is 1240. The minimum atomic E-state index is -0.511. The van der Waals surface area contributed by atoms with Crippen LogP contribution >= 0.6 is 27.7 Å². The Morgan fingerprint density at radius 2 is 1.81 bits per heavy atom. The standard InChI is InChI=1S/C23H17BrN4O2S/c24-17-12-15(10-11-19(17)29)21-25-18-9-5-4-8-16(18)20-22(30-21)26-23(28-27-20)31-13-14-6-2-1-3-7-14/h1-12,21,25,29H,13H2. The number of anilines is 1. The van der Waals surface area contributed by atoms with Crippen molar-refractivity contribution in [2.24, 2.45) is 0 Å². The van der Waals surface area contributed by atoms with Gasteiger partial charge in [0, 0.05) is 22.6 Å². The maximum absolute atomic E-state index is 9.86. The van der Waals surface area contributed by atoms with E-state index in [2.05, 4.69) is 48.6 Å². The molecule has 5 rings (SSSR count). The number of halogens is 1. The number of aromatic hydroxyl groups is 1. The summed E-state index contributed by atoms with van der Waals surface area (Å²) in [6.45, 7) is 0. The number of hydrogen-bond donors (Lipinski definition) is 2. The summed E-state index contributed by atoms with van der Waals surface area (Å²) in [4.78, 5) is 4.67. The van der Waals surface area contributed by atoms with Gasteiger partial charge < -0.3 is 15.2 Å². The zero-order chi connectivity index (χ0) is 21.2. The van der Waals surface area contributed by atoms with E-state index in [0.29, 0.717) is 21.2 Å². The van der Waals surface area contributed by atoms with Crippen LogP contribution in [0.15, 0.2) is 82.4 Å². The fourth-order valence-corrected chi connectivity index (χ4v) is 4.40. The molecule has 0 bridgehead atoms. The lowest BCUT2D eigenvalue weighted by molar-refractivity contribution is 0.225. The van der Waals surface area contributed by atoms with Crippen LogP contribution in [-0.2, 0) is 5.75 Å². The zero-order valence-electron chi connectivity index (χ0n) is 16.2. The zero-order valence-corrected chi connectivity index (χ0v) is 18.6. The summed E-state index contributed by atoms with van der Waals surface area (Å²) in [6.07, 6.45) is -0.511. The quantitative estimate of drug-likeness (QED) is 0.348. The van der Waals surface area contributed by atoms with Gasteiger partial charge in [-0.25, -0.2) is 0 Å². The second-order valence-electron chi connectivity index (χ2n) is 6.92. The summed E-state index contributed by atoms with van der Waals surface area (Å²) in [5, 5.41) is 22.6. The lowest BCUT2D eigenvalue weighted by Gasteiger charge is -2.19. The average Bonchev–Trinajstić information content (AvgIpc) is 2.96. The van der Waals surface area contributed by atoms with Crippen LogP contribution in [0.4, 0.5) is 5.69 Å². The van der Waals surface area contributed by atoms with Crippen LogP contribution in [0.2, 0.25) is 0 Å². The number of para-hydroxylation sites is 1. The first-order valence-corrected chi connectivity index (χ1v) is 11.4. The van der Waals surface area contributed by atoms with Gasteiger partial charge in [-0.3, -0.25) is 0 Å². The first-order chi connectivity index (χ1) is 15.2. The third-order valence-corrected chi connectivity index (χ3v) is 6.36. The van der Waals surface area contributed by atoms with Crippen molar-refractivity contribution in [2.45, 2.75) is 17.1 Å². The highest BCUT2D eigenvalue weighted by Crippen LogP contribution is 2.40. The van der Waals surface area contributed by atoms with E-state index >= 15 is 0 Å². The number of rotatable bonds is 4. The highest BCUT2D eigenvalue weighted by atomic mass is 79.9. The molecule has 0 aliphatic carbocycles. The molecule has 3 aromatic carbocycles. The normalized spacial score (nSPS) is 14.5. The number of nitrogens with one attached hydrogen (secondary N) is 1. The van der Waals surface area contributed by atoms with E-state index in [4.69, 9.17) is 4.74 Å². The van der Waals surface area contributed by atoms with Crippen molar-refractivity contribution in [1.82, 2.24) is 15.2 Å². The molecule has 1 aromatic heterocycles. The summed E-state index contributed by atoms with van der Waals surface area (Å²) in [5.74, 6) is 1.32. The molecule has 4 aromatic rings. The molecule has 0 amide bonds. The number of thioether (sulfide) groups is 1.